The fraction of sp³-hybridized carbons (Fsp3) is 0.667. The maximum atomic E-state index is 15.2. The number of dihydropyridines is 1. The molecule has 164 valence electrons. The van der Waals surface area contributed by atoms with E-state index in [1.165, 1.54) is 0 Å². The molecule has 0 aromatic rings. The molecule has 9 heteroatoms. The molecule has 30 heavy (non-hydrogen) atoms. The number of rotatable bonds is 5. The lowest BCUT2D eigenvalue weighted by Crippen LogP contribution is -2.52. The van der Waals surface area contributed by atoms with Gasteiger partial charge in [0.15, 0.2) is 11.6 Å². The van der Waals surface area contributed by atoms with Gasteiger partial charge < -0.3 is 35.1 Å². The molecule has 3 N–H and O–H groups in total. The third kappa shape index (κ3) is 3.48. The van der Waals surface area contributed by atoms with Crippen LogP contribution in [0.4, 0.5) is 4.39 Å². The Kier molecular flexibility index (Phi) is 4.99. The Morgan fingerprint density at radius 3 is 3.00 bits per heavy atom. The van der Waals surface area contributed by atoms with E-state index < -0.39 is 5.79 Å². The van der Waals surface area contributed by atoms with Crippen LogP contribution in [0, 0.1) is 0 Å². The van der Waals surface area contributed by atoms with Gasteiger partial charge >= 0.3 is 5.97 Å². The Morgan fingerprint density at radius 1 is 1.47 bits per heavy atom. The zero-order valence-electron chi connectivity index (χ0n) is 17.2. The number of hydrogen-bond acceptors (Lipinski definition) is 8. The van der Waals surface area contributed by atoms with Crippen LogP contribution in [0.1, 0.15) is 32.6 Å². The minimum absolute atomic E-state index is 0.107. The van der Waals surface area contributed by atoms with Gasteiger partial charge in [-0.1, -0.05) is 0 Å². The molecule has 4 aliphatic heterocycles. The quantitative estimate of drug-likeness (QED) is 0.639. The second-order valence-corrected chi connectivity index (χ2v) is 8.56. The highest BCUT2D eigenvalue weighted by Crippen LogP contribution is 2.40. The molecule has 3 fully saturated rings. The summed E-state index contributed by atoms with van der Waals surface area (Å²) in [7, 11) is 0. The number of hydrogen-bond donors (Lipinski definition) is 2. The van der Waals surface area contributed by atoms with Gasteiger partial charge in [0.1, 0.15) is 12.0 Å². The van der Waals surface area contributed by atoms with Crippen LogP contribution in [0.5, 0.6) is 0 Å². The summed E-state index contributed by atoms with van der Waals surface area (Å²) in [6.07, 6.45) is 6.38. The summed E-state index contributed by atoms with van der Waals surface area (Å²) in [5, 5.41) is 3.40. The predicted octanol–water partition coefficient (Wildman–Crippen LogP) is 1.07. The zero-order valence-corrected chi connectivity index (χ0v) is 17.2. The van der Waals surface area contributed by atoms with E-state index in [2.05, 4.69) is 10.2 Å². The van der Waals surface area contributed by atoms with E-state index in [9.17, 15) is 4.79 Å². The van der Waals surface area contributed by atoms with Gasteiger partial charge in [0, 0.05) is 38.2 Å². The molecule has 1 saturated carbocycles. The van der Waals surface area contributed by atoms with E-state index in [4.69, 9.17) is 19.9 Å². The molecule has 0 aromatic carbocycles. The van der Waals surface area contributed by atoms with Gasteiger partial charge in [-0.2, -0.15) is 0 Å². The van der Waals surface area contributed by atoms with Crippen LogP contribution in [-0.2, 0) is 19.0 Å². The standard InChI is InChI=1S/C21H29FN4O4/c1-2-28-20(27)14-7-13-8-17(22)19(24-18(13)26(10-14)15-3-4-15)25-6-5-21(12-25)29-11-16(9-23)30-21/h8,10,15-16,18,24H,2-7,9,11-12,23H2,1H3. The van der Waals surface area contributed by atoms with Crippen LogP contribution in [0.3, 0.4) is 0 Å². The molecule has 0 aromatic heterocycles. The lowest BCUT2D eigenvalue weighted by atomic mass is 9.95. The second kappa shape index (κ2) is 7.55. The number of likely N-dealkylation sites (tertiary alicyclic amines) is 1. The number of allylic oxidation sites excluding steroid dienone is 2. The van der Waals surface area contributed by atoms with Crippen LogP contribution in [-0.4, -0.2) is 72.7 Å². The summed E-state index contributed by atoms with van der Waals surface area (Å²) in [5.74, 6) is -0.901. The fourth-order valence-corrected chi connectivity index (χ4v) is 4.71. The first-order valence-corrected chi connectivity index (χ1v) is 10.8. The summed E-state index contributed by atoms with van der Waals surface area (Å²) in [6.45, 7) is 4.10. The lowest BCUT2D eigenvalue weighted by molar-refractivity contribution is -0.155. The van der Waals surface area contributed by atoms with Gasteiger partial charge in [0.05, 0.1) is 31.4 Å². The van der Waals surface area contributed by atoms with E-state index in [0.29, 0.717) is 63.1 Å². The van der Waals surface area contributed by atoms with E-state index in [-0.39, 0.29) is 24.1 Å². The fourth-order valence-electron chi connectivity index (χ4n) is 4.71. The van der Waals surface area contributed by atoms with Gasteiger partial charge in [-0.05, 0) is 31.4 Å². The van der Waals surface area contributed by atoms with Crippen molar-refractivity contribution in [3.63, 3.8) is 0 Å². The van der Waals surface area contributed by atoms with Crippen molar-refractivity contribution in [2.45, 2.75) is 56.7 Å². The molecule has 5 aliphatic rings. The smallest absolute Gasteiger partial charge is 0.335 e. The Hall–Kier alpha value is -2.10. The molecule has 1 aliphatic carbocycles. The van der Waals surface area contributed by atoms with Crippen LogP contribution in [0.2, 0.25) is 0 Å². The maximum absolute atomic E-state index is 15.2. The van der Waals surface area contributed by atoms with Crippen molar-refractivity contribution in [3.8, 4) is 0 Å². The first kappa shape index (κ1) is 19.8. The average molecular weight is 420 g/mol. The van der Waals surface area contributed by atoms with Crippen LogP contribution in [0.15, 0.2) is 35.1 Å². The van der Waals surface area contributed by atoms with Gasteiger partial charge in [-0.3, -0.25) is 0 Å². The highest BCUT2D eigenvalue weighted by Gasteiger charge is 2.48. The number of nitrogens with zero attached hydrogens (tertiary/aromatic N) is 2. The van der Waals surface area contributed by atoms with Crippen molar-refractivity contribution in [1.82, 2.24) is 15.1 Å². The van der Waals surface area contributed by atoms with Gasteiger partial charge in [0.2, 0.25) is 0 Å². The molecule has 1 spiro atoms. The van der Waals surface area contributed by atoms with E-state index in [1.54, 1.807) is 13.0 Å². The van der Waals surface area contributed by atoms with Crippen molar-refractivity contribution in [1.29, 1.82) is 0 Å². The topological polar surface area (TPSA) is 89.3 Å². The van der Waals surface area contributed by atoms with Crippen molar-refractivity contribution in [3.05, 3.63) is 35.1 Å². The van der Waals surface area contributed by atoms with Crippen molar-refractivity contribution >= 4 is 5.97 Å². The number of halogens is 1. The monoisotopic (exact) mass is 420 g/mol. The molecule has 4 heterocycles. The molecule has 8 nitrogen and oxygen atoms in total. The molecular weight excluding hydrogens is 391 g/mol. The van der Waals surface area contributed by atoms with Crippen LogP contribution < -0.4 is 11.1 Å². The molecule has 3 atom stereocenters. The second-order valence-electron chi connectivity index (χ2n) is 8.56. The van der Waals surface area contributed by atoms with E-state index in [0.717, 1.165) is 18.4 Å². The van der Waals surface area contributed by atoms with E-state index >= 15 is 4.39 Å². The van der Waals surface area contributed by atoms with Crippen molar-refractivity contribution in [2.24, 2.45) is 5.73 Å². The Morgan fingerprint density at radius 2 is 2.30 bits per heavy atom. The summed E-state index contributed by atoms with van der Waals surface area (Å²) < 4.78 is 32.2. The normalized spacial score (nSPS) is 33.4. The minimum atomic E-state index is -0.706. The Bertz CT molecular complexity index is 824. The highest BCUT2D eigenvalue weighted by atomic mass is 19.1. The minimum Gasteiger partial charge on any atom is -0.463 e. The summed E-state index contributed by atoms with van der Waals surface area (Å²) in [5.41, 5.74) is 7.13. The van der Waals surface area contributed by atoms with E-state index in [1.807, 2.05) is 11.1 Å². The molecule has 0 amide bonds. The van der Waals surface area contributed by atoms with Crippen LogP contribution in [0.25, 0.3) is 0 Å². The Labute approximate surface area is 175 Å². The third-order valence-corrected chi connectivity index (χ3v) is 6.35. The number of esters is 1. The van der Waals surface area contributed by atoms with Crippen molar-refractivity contribution < 1.29 is 23.4 Å². The third-order valence-electron chi connectivity index (χ3n) is 6.35. The predicted molar refractivity (Wildman–Crippen MR) is 106 cm³/mol. The number of carbonyl (C=O) groups excluding carboxylic acids is 1. The molecule has 0 radical (unpaired) electrons. The van der Waals surface area contributed by atoms with Crippen molar-refractivity contribution in [2.75, 3.05) is 32.8 Å². The number of ether oxygens (including phenoxy) is 3. The SMILES string of the molecule is CCOC(=O)C1=CN(C2CC2)C2NC(N3CCC4(C3)OCC(CN)O4)=C(F)C=C2C1. The number of fused-ring (bicyclic) bond motifs is 1. The molecule has 0 bridgehead atoms. The first-order chi connectivity index (χ1) is 14.5. The highest BCUT2D eigenvalue weighted by molar-refractivity contribution is 5.89. The maximum Gasteiger partial charge on any atom is 0.335 e. The summed E-state index contributed by atoms with van der Waals surface area (Å²) in [4.78, 5) is 16.4. The molecule has 5 rings (SSSR count). The molecule has 2 saturated heterocycles. The van der Waals surface area contributed by atoms with Gasteiger partial charge in [0.25, 0.3) is 0 Å². The number of carbonyl (C=O) groups is 1. The molecule has 3 unspecified atom stereocenters. The number of nitrogens with two attached hydrogens (primary N) is 1. The summed E-state index contributed by atoms with van der Waals surface area (Å²) in [6, 6.07) is 0.356. The first-order valence-electron chi connectivity index (χ1n) is 10.8. The van der Waals surface area contributed by atoms with Gasteiger partial charge in [-0.15, -0.1) is 0 Å². The summed E-state index contributed by atoms with van der Waals surface area (Å²) >= 11 is 0. The van der Waals surface area contributed by atoms with Crippen LogP contribution >= 0.6 is 0 Å². The average Bonchev–Trinajstić information content (AvgIpc) is 3.39. The lowest BCUT2D eigenvalue weighted by Gasteiger charge is -2.42. The Balaban J connectivity index is 1.36. The number of nitrogens with one attached hydrogen (secondary N) is 1. The van der Waals surface area contributed by atoms with Gasteiger partial charge in [-0.25, -0.2) is 9.18 Å². The molecular formula is C21H29FN4O4. The zero-order chi connectivity index (χ0) is 20.9. The largest absolute Gasteiger partial charge is 0.463 e.